The van der Waals surface area contributed by atoms with E-state index in [1.165, 1.54) is 10.9 Å². The van der Waals surface area contributed by atoms with Crippen LogP contribution in [0.15, 0.2) is 6.33 Å². The molecule has 0 bridgehead atoms. The first-order chi connectivity index (χ1) is 11.4. The minimum absolute atomic E-state index is 0.124. The van der Waals surface area contributed by atoms with E-state index < -0.39 is 37.3 Å². The number of anilines is 2. The third-order valence-corrected chi connectivity index (χ3v) is 3.80. The maximum atomic E-state index is 10.1. The van der Waals surface area contributed by atoms with Crippen LogP contribution in [0, 0.1) is 0 Å². The number of nitrogens with one attached hydrogen (secondary N) is 1. The molecule has 24 heavy (non-hydrogen) atoms. The molecule has 11 heteroatoms. The molecule has 7 N–H and O–H groups in total. The number of nitrogens with two attached hydrogens (primary N) is 1. The Morgan fingerprint density at radius 2 is 2.12 bits per heavy atom. The van der Waals surface area contributed by atoms with Crippen molar-refractivity contribution in [3.63, 3.8) is 0 Å². The molecule has 132 valence electrons. The fourth-order valence-electron chi connectivity index (χ4n) is 2.55. The summed E-state index contributed by atoms with van der Waals surface area (Å²) in [7, 11) is 0. The van der Waals surface area contributed by atoms with Crippen LogP contribution >= 0.6 is 0 Å². The predicted molar refractivity (Wildman–Crippen MR) is 82.9 cm³/mol. The highest BCUT2D eigenvalue weighted by Gasteiger charge is 2.44. The van der Waals surface area contributed by atoms with Gasteiger partial charge in [0.2, 0.25) is 5.95 Å². The molecule has 1 saturated heterocycles. The van der Waals surface area contributed by atoms with Crippen molar-refractivity contribution in [3.8, 4) is 0 Å². The molecule has 2 aromatic rings. The molecule has 1 aliphatic heterocycles. The van der Waals surface area contributed by atoms with Crippen molar-refractivity contribution >= 4 is 22.9 Å². The van der Waals surface area contributed by atoms with E-state index in [-0.39, 0.29) is 18.3 Å². The van der Waals surface area contributed by atoms with Crippen molar-refractivity contribution in [1.82, 2.24) is 19.5 Å². The van der Waals surface area contributed by atoms with E-state index >= 15 is 0 Å². The van der Waals surface area contributed by atoms with Gasteiger partial charge in [-0.25, -0.2) is 4.98 Å². The van der Waals surface area contributed by atoms with Crippen LogP contribution in [0.25, 0.3) is 11.2 Å². The second-order valence-electron chi connectivity index (χ2n) is 5.72. The van der Waals surface area contributed by atoms with Gasteiger partial charge >= 0.3 is 0 Å². The molecule has 0 radical (unpaired) electrons. The van der Waals surface area contributed by atoms with E-state index in [1.54, 1.807) is 6.92 Å². The largest absolute Gasteiger partial charge is 0.394 e. The zero-order valence-electron chi connectivity index (χ0n) is 12.9. The lowest BCUT2D eigenvalue weighted by atomic mass is 10.1. The van der Waals surface area contributed by atoms with Gasteiger partial charge in [-0.05, 0) is 6.92 Å². The molecular formula is C13H20N6O5. The molecule has 0 aromatic carbocycles. The van der Waals surface area contributed by atoms with Crippen LogP contribution in [0.4, 0.5) is 11.8 Å². The van der Waals surface area contributed by atoms with Gasteiger partial charge in [-0.1, -0.05) is 0 Å². The Hall–Kier alpha value is -2.05. The molecule has 1 fully saturated rings. The lowest BCUT2D eigenvalue weighted by Crippen LogP contribution is -2.33. The van der Waals surface area contributed by atoms with Gasteiger partial charge in [0.15, 0.2) is 17.7 Å². The Morgan fingerprint density at radius 1 is 1.38 bits per heavy atom. The number of nitrogen functional groups attached to an aromatic ring is 1. The summed E-state index contributed by atoms with van der Waals surface area (Å²) in [5.41, 5.74) is 6.48. The van der Waals surface area contributed by atoms with Crippen LogP contribution in [-0.4, -0.2) is 77.5 Å². The SMILES string of the molecule is CC(O)CNc1nc(N)c2ncn([C@@H]3O[C@H](CO)[C@@H](O)[C@H]3O)c2n1. The summed E-state index contributed by atoms with van der Waals surface area (Å²) < 4.78 is 6.90. The molecule has 0 spiro atoms. The number of aliphatic hydroxyl groups excluding tert-OH is 4. The van der Waals surface area contributed by atoms with Gasteiger partial charge in [0, 0.05) is 6.54 Å². The van der Waals surface area contributed by atoms with E-state index in [0.29, 0.717) is 11.2 Å². The Bertz CT molecular complexity index is 722. The van der Waals surface area contributed by atoms with E-state index in [1.807, 2.05) is 0 Å². The Balaban J connectivity index is 1.97. The third kappa shape index (κ3) is 2.87. The summed E-state index contributed by atoms with van der Waals surface area (Å²) in [6.45, 7) is 1.41. The fourth-order valence-corrected chi connectivity index (χ4v) is 2.55. The number of fused-ring (bicyclic) bond motifs is 1. The number of aromatic nitrogens is 4. The van der Waals surface area contributed by atoms with Gasteiger partial charge in [0.25, 0.3) is 0 Å². The second-order valence-corrected chi connectivity index (χ2v) is 5.72. The van der Waals surface area contributed by atoms with E-state index in [9.17, 15) is 20.4 Å². The minimum atomic E-state index is -1.26. The first kappa shape index (κ1) is 16.8. The van der Waals surface area contributed by atoms with Crippen molar-refractivity contribution in [2.75, 3.05) is 24.2 Å². The van der Waals surface area contributed by atoms with Crippen LogP contribution in [0.3, 0.4) is 0 Å². The molecule has 1 unspecified atom stereocenters. The van der Waals surface area contributed by atoms with Crippen LogP contribution in [0.2, 0.25) is 0 Å². The van der Waals surface area contributed by atoms with Crippen LogP contribution in [0.5, 0.6) is 0 Å². The highest BCUT2D eigenvalue weighted by molar-refractivity contribution is 5.83. The zero-order chi connectivity index (χ0) is 17.4. The number of aliphatic hydroxyl groups is 4. The van der Waals surface area contributed by atoms with Gasteiger partial charge in [-0.15, -0.1) is 0 Å². The van der Waals surface area contributed by atoms with Crippen LogP contribution in [-0.2, 0) is 4.74 Å². The molecule has 0 saturated carbocycles. The van der Waals surface area contributed by atoms with Gasteiger partial charge in [0.05, 0.1) is 19.0 Å². The Kier molecular flexibility index (Phi) is 4.51. The number of imidazole rings is 1. The molecule has 5 atom stereocenters. The summed E-state index contributed by atoms with van der Waals surface area (Å²) in [4.78, 5) is 12.4. The van der Waals surface area contributed by atoms with E-state index in [2.05, 4.69) is 20.3 Å². The first-order valence-electron chi connectivity index (χ1n) is 7.46. The minimum Gasteiger partial charge on any atom is -0.394 e. The molecule has 0 amide bonds. The highest BCUT2D eigenvalue weighted by atomic mass is 16.6. The lowest BCUT2D eigenvalue weighted by molar-refractivity contribution is -0.0511. The average Bonchev–Trinajstić information content (AvgIpc) is 3.08. The van der Waals surface area contributed by atoms with Gasteiger partial charge in [0.1, 0.15) is 23.8 Å². The first-order valence-corrected chi connectivity index (χ1v) is 7.46. The van der Waals surface area contributed by atoms with Crippen molar-refractivity contribution in [3.05, 3.63) is 6.33 Å². The molecule has 2 aromatic heterocycles. The molecular weight excluding hydrogens is 320 g/mol. The fraction of sp³-hybridized carbons (Fsp3) is 0.615. The monoisotopic (exact) mass is 340 g/mol. The Morgan fingerprint density at radius 3 is 2.75 bits per heavy atom. The lowest BCUT2D eigenvalue weighted by Gasteiger charge is -2.17. The van der Waals surface area contributed by atoms with Gasteiger partial charge in [-0.3, -0.25) is 4.57 Å². The summed E-state index contributed by atoms with van der Waals surface area (Å²) in [6.07, 6.45) is -3.60. The molecule has 11 nitrogen and oxygen atoms in total. The van der Waals surface area contributed by atoms with Crippen molar-refractivity contribution in [2.24, 2.45) is 0 Å². The van der Waals surface area contributed by atoms with E-state index in [4.69, 9.17) is 10.5 Å². The number of hydrogen-bond acceptors (Lipinski definition) is 10. The Labute approximate surface area is 136 Å². The molecule has 1 aliphatic rings. The van der Waals surface area contributed by atoms with E-state index in [0.717, 1.165) is 0 Å². The summed E-state index contributed by atoms with van der Waals surface area (Å²) in [5.74, 6) is 0.313. The average molecular weight is 340 g/mol. The van der Waals surface area contributed by atoms with Crippen LogP contribution < -0.4 is 11.1 Å². The molecule has 3 heterocycles. The maximum absolute atomic E-state index is 10.1. The van der Waals surface area contributed by atoms with Crippen molar-refractivity contribution in [1.29, 1.82) is 0 Å². The number of ether oxygens (including phenoxy) is 1. The standard InChI is InChI=1S/C13H20N6O5/c1-5(21)2-15-13-17-10(14)7-11(18-13)19(4-16-7)12-9(23)8(22)6(3-20)24-12/h4-6,8-9,12,20-23H,2-3H2,1H3,(H3,14,15,17,18)/t5?,6-,8-,9-,12-/m1/s1. The van der Waals surface area contributed by atoms with Gasteiger partial charge < -0.3 is 36.2 Å². The van der Waals surface area contributed by atoms with Crippen LogP contribution in [0.1, 0.15) is 13.2 Å². The normalized spacial score (nSPS) is 28.4. The molecule has 3 rings (SSSR count). The predicted octanol–water partition coefficient (Wildman–Crippen LogP) is -2.19. The zero-order valence-corrected chi connectivity index (χ0v) is 12.9. The number of hydrogen-bond donors (Lipinski definition) is 6. The number of nitrogens with zero attached hydrogens (tertiary/aromatic N) is 4. The van der Waals surface area contributed by atoms with Gasteiger partial charge in [-0.2, -0.15) is 9.97 Å². The van der Waals surface area contributed by atoms with Crippen molar-refractivity contribution < 1.29 is 25.2 Å². The summed E-state index contributed by atoms with van der Waals surface area (Å²) in [5, 5.41) is 41.4. The maximum Gasteiger partial charge on any atom is 0.226 e. The van der Waals surface area contributed by atoms with Crippen molar-refractivity contribution in [2.45, 2.75) is 37.6 Å². The number of rotatable bonds is 5. The summed E-state index contributed by atoms with van der Waals surface area (Å²) in [6, 6.07) is 0. The molecule has 0 aliphatic carbocycles. The topological polar surface area (TPSA) is 172 Å². The third-order valence-electron chi connectivity index (χ3n) is 3.80. The quantitative estimate of drug-likeness (QED) is 0.351. The second kappa shape index (κ2) is 6.45. The smallest absolute Gasteiger partial charge is 0.226 e. The highest BCUT2D eigenvalue weighted by Crippen LogP contribution is 2.32. The summed E-state index contributed by atoms with van der Waals surface area (Å²) >= 11 is 0.